The molecule has 33 heteroatoms. The van der Waals surface area contributed by atoms with E-state index in [-0.39, 0.29) is 88.7 Å². The summed E-state index contributed by atoms with van der Waals surface area (Å²) in [5.41, 5.74) is 24.5. The molecule has 12 amide bonds. The van der Waals surface area contributed by atoms with Crippen LogP contribution in [-0.2, 0) is 76.8 Å². The van der Waals surface area contributed by atoms with Gasteiger partial charge in [-0.2, -0.15) is 0 Å². The van der Waals surface area contributed by atoms with Crippen LogP contribution in [0.15, 0.2) is 72.2 Å². The first kappa shape index (κ1) is 90.6. The van der Waals surface area contributed by atoms with Gasteiger partial charge in [0.2, 0.25) is 70.9 Å². The molecule has 20 N–H and O–H groups in total. The Morgan fingerprint density at radius 2 is 1.20 bits per heavy atom. The number of guanidine groups is 1. The number of carbonyl (C=O) groups is 12. The number of rotatable bonds is 45. The monoisotopic (exact) mass is 1530 g/mol. The summed E-state index contributed by atoms with van der Waals surface area (Å²) < 4.78 is 17.0. The van der Waals surface area contributed by atoms with Crippen LogP contribution in [0.5, 0.6) is 0 Å². The minimum absolute atomic E-state index is 0.0179. The largest absolute Gasteiger partial charge is 0.390 e. The molecule has 2 aromatic carbocycles. The van der Waals surface area contributed by atoms with Crippen LogP contribution in [0, 0.1) is 17.8 Å². The van der Waals surface area contributed by atoms with E-state index in [1.165, 1.54) is 26.5 Å². The van der Waals surface area contributed by atoms with Gasteiger partial charge in [-0.1, -0.05) is 132 Å². The number of unbranched alkanes of at least 4 members (excludes halogenated alkanes) is 2. The number of nitrogens with one attached hydrogen (secondary N) is 11. The summed E-state index contributed by atoms with van der Waals surface area (Å²) in [6.07, 6.45) is 3.81. The van der Waals surface area contributed by atoms with E-state index >= 15 is 4.11 Å². The summed E-state index contributed by atoms with van der Waals surface area (Å²) >= 11 is 0. The Hall–Kier alpha value is -9.79. The fourth-order valence-corrected chi connectivity index (χ4v) is 17.6. The lowest BCUT2D eigenvalue weighted by molar-refractivity contribution is -0.140. The van der Waals surface area contributed by atoms with Crippen molar-refractivity contribution in [2.24, 2.45) is 45.7 Å². The van der Waals surface area contributed by atoms with Gasteiger partial charge >= 0.3 is 0 Å². The fraction of sp³-hybridized carbons (Fsp3) is 0.600. The minimum atomic E-state index is -3.54. The van der Waals surface area contributed by atoms with E-state index in [2.05, 4.69) is 67.8 Å². The number of nitrogens with two attached hydrogens (primary N) is 4. The number of nitrogens with zero attached hydrogens (tertiary/aromatic N) is 3. The molecule has 598 valence electrons. The van der Waals surface area contributed by atoms with Gasteiger partial charge in [-0.05, 0) is 102 Å². The molecular formula is C75H119FN18O13Si. The zero-order valence-electron chi connectivity index (χ0n) is 65.2. The predicted molar refractivity (Wildman–Crippen MR) is 413 cm³/mol. The lowest BCUT2D eigenvalue weighted by atomic mass is 9.96. The van der Waals surface area contributed by atoms with E-state index in [4.69, 9.17) is 22.9 Å². The van der Waals surface area contributed by atoms with Gasteiger partial charge in [0.15, 0.2) is 5.96 Å². The number of likely N-dealkylation sites (N-methyl/N-ethyl adjacent to an activating group) is 1. The lowest BCUT2D eigenvalue weighted by Crippen LogP contribution is -2.59. The molecule has 108 heavy (non-hydrogen) atoms. The highest BCUT2D eigenvalue weighted by Gasteiger charge is 2.56. The average molecular weight is 1530 g/mol. The zero-order valence-corrected chi connectivity index (χ0v) is 66.2. The lowest BCUT2D eigenvalue weighted by Gasteiger charge is -2.44. The summed E-state index contributed by atoms with van der Waals surface area (Å²) in [5.74, 6) is -9.14. The van der Waals surface area contributed by atoms with Gasteiger partial charge in [-0.3, -0.25) is 62.5 Å². The molecule has 0 bridgehead atoms. The molecule has 0 radical (unpaired) electrons. The maximum Gasteiger partial charge on any atom is 0.288 e. The molecule has 0 aliphatic heterocycles. The Morgan fingerprint density at radius 3 is 1.80 bits per heavy atom. The van der Waals surface area contributed by atoms with E-state index < -0.39 is 163 Å². The topological polar surface area (TPSA) is 497 Å². The molecule has 0 saturated heterocycles. The number of aliphatic hydroxyl groups is 1. The SMILES string of the molecule is CC(C)C[C@H](NC(=O)C[C@H](O)[C@H](CC(C)C)NC(=O)[C@H](Cc1cnc[nH]1)NC(=O)CN(C)C(=O)[C@@H](NC(=O)[C@H](C)NC(=O)[C@H](Cc1c[nH]c2ccccc12)NC(=O)[C@H](CCC(N)=O)NC(=O)CCCCCNC(=O)[C@H](CCCN=C(N)N)NC(=O)Cc1ccc([Si]([18F])(C(C)(C)C)C(C)(C)C)cc1)C(C)C)C(N)=O. The molecule has 2 heterocycles. The predicted octanol–water partition coefficient (Wildman–Crippen LogP) is 1.98. The summed E-state index contributed by atoms with van der Waals surface area (Å²) in [6, 6.07) is 4.57. The van der Waals surface area contributed by atoms with Crippen molar-refractivity contribution in [3.05, 3.63) is 84.1 Å². The molecule has 4 rings (SSSR count). The van der Waals surface area contributed by atoms with Crippen LogP contribution >= 0.6 is 0 Å². The van der Waals surface area contributed by atoms with Crippen LogP contribution in [0.4, 0.5) is 4.11 Å². The Morgan fingerprint density at radius 1 is 0.611 bits per heavy atom. The third kappa shape index (κ3) is 29.4. The van der Waals surface area contributed by atoms with Crippen molar-refractivity contribution in [3.8, 4) is 0 Å². The number of carbonyl (C=O) groups excluding carboxylic acids is 12. The molecular weight excluding hydrogens is 1410 g/mol. The van der Waals surface area contributed by atoms with Crippen LogP contribution in [0.25, 0.3) is 10.9 Å². The summed E-state index contributed by atoms with van der Waals surface area (Å²) in [6.45, 7) is 23.3. The molecule has 2 aromatic heterocycles. The highest BCUT2D eigenvalue weighted by Crippen LogP contribution is 2.51. The Labute approximate surface area is 633 Å². The van der Waals surface area contributed by atoms with Crippen molar-refractivity contribution in [3.63, 3.8) is 0 Å². The second kappa shape index (κ2) is 42.7. The zero-order chi connectivity index (χ0) is 81.0. The van der Waals surface area contributed by atoms with Crippen LogP contribution in [0.1, 0.15) is 177 Å². The number of primary amides is 2. The first-order chi connectivity index (χ1) is 50.5. The highest BCUT2D eigenvalue weighted by molar-refractivity contribution is 6.90. The molecule has 0 unspecified atom stereocenters. The molecule has 0 spiro atoms. The van der Waals surface area contributed by atoms with Gasteiger partial charge in [-0.15, -0.1) is 0 Å². The van der Waals surface area contributed by atoms with Crippen molar-refractivity contribution in [2.45, 2.75) is 244 Å². The number of hydrogen-bond acceptors (Lipinski definition) is 15. The second-order valence-corrected chi connectivity index (χ2v) is 36.1. The summed E-state index contributed by atoms with van der Waals surface area (Å²) in [4.78, 5) is 178. The van der Waals surface area contributed by atoms with Gasteiger partial charge in [0.05, 0.1) is 37.9 Å². The molecule has 0 aliphatic carbocycles. The molecule has 0 aliphatic rings. The Kier molecular flexibility index (Phi) is 35.8. The maximum absolute atomic E-state index is 17.0. The number of H-pyrrole nitrogens is 2. The first-order valence-electron chi connectivity index (χ1n) is 37.0. The van der Waals surface area contributed by atoms with E-state index in [1.54, 1.807) is 62.5 Å². The number of imidazole rings is 1. The normalized spacial score (nSPS) is 14.3. The maximum atomic E-state index is 17.0. The van der Waals surface area contributed by atoms with Gasteiger partial charge in [0.25, 0.3) is 8.41 Å². The number of aliphatic imine (C=N–C) groups is 1. The third-order valence-electron chi connectivity index (χ3n) is 18.5. The molecule has 31 nitrogen and oxygen atoms in total. The molecule has 0 fully saturated rings. The minimum Gasteiger partial charge on any atom is -0.390 e. The van der Waals surface area contributed by atoms with Crippen molar-refractivity contribution < 1.29 is 66.7 Å². The van der Waals surface area contributed by atoms with Crippen molar-refractivity contribution >= 4 is 101 Å². The van der Waals surface area contributed by atoms with Gasteiger partial charge in [0.1, 0.15) is 42.3 Å². The van der Waals surface area contributed by atoms with Crippen molar-refractivity contribution in [1.82, 2.24) is 67.7 Å². The smallest absolute Gasteiger partial charge is 0.288 e. The van der Waals surface area contributed by atoms with Gasteiger partial charge in [0, 0.05) is 74.8 Å². The Balaban J connectivity index is 1.41. The van der Waals surface area contributed by atoms with Crippen LogP contribution in [-0.4, -0.2) is 191 Å². The fourth-order valence-electron chi connectivity index (χ4n) is 13.0. The number of para-hydroxylation sites is 1. The van der Waals surface area contributed by atoms with Gasteiger partial charge < -0.3 is 94.9 Å². The third-order valence-corrected chi connectivity index (χ3v) is 23.8. The highest BCUT2D eigenvalue weighted by atomic mass is 28.4. The quantitative estimate of drug-likeness (QED) is 0.00989. The van der Waals surface area contributed by atoms with Crippen LogP contribution < -0.4 is 76.0 Å². The number of hydrogen-bond donors (Lipinski definition) is 16. The second-order valence-electron chi connectivity index (χ2n) is 31.2. The van der Waals surface area contributed by atoms with E-state index in [9.17, 15) is 62.6 Å². The van der Waals surface area contributed by atoms with Crippen LogP contribution in [0.2, 0.25) is 10.1 Å². The number of benzene rings is 2. The van der Waals surface area contributed by atoms with Gasteiger partial charge in [-0.25, -0.2) is 4.98 Å². The number of amides is 12. The standard InChI is InChI=1S/C75H119FN18O13Si/c1-43(2)33-55(59(95)38-63(99)89-56(66(78)101)34-44(3)4)91-71(106)58(37-49-40-81-42-85-49)90-64(100)41-94(14)72(107)65(45(5)6)93-67(102)46(7)86-70(105)57(36-48-39-84-52-22-18-17-21-51(48)52)92-69(104)54(29-30-60(77)96)87-61(97)24-16-15-19-31-82-68(103)53(23-20-32-83-73(79)80)88-62(98)35-47-25-27-50(28-26-47)108(76,74(8,9)10)75(11,12)13/h17-18,21-22,25-28,39-40,42-46,53-59,65,84,95H,15-16,19-20,23-24,29-38,41H2,1-14H3,(H2,77,96)(H2,78,101)(H,81,85)(H,82,103)(H,86,105)(H,87,97)(H,88,98)(H,89,99)(H,90,100)(H,91,106)(H,92,104)(H,93,102)(H4,79,80,83)/t46-,53-,54-,55-,56-,57-,58-,59-,65-/m0/s1/i76-1. The molecule has 0 saturated carbocycles. The summed E-state index contributed by atoms with van der Waals surface area (Å²) in [7, 11) is -2.23. The summed E-state index contributed by atoms with van der Waals surface area (Å²) in [5, 5.41) is 35.9. The van der Waals surface area contributed by atoms with E-state index in [1.807, 2.05) is 75.3 Å². The molecule has 4 aromatic rings. The number of aromatic nitrogens is 3. The van der Waals surface area contributed by atoms with Crippen molar-refractivity contribution in [1.29, 1.82) is 0 Å². The molecule has 9 atom stereocenters. The number of fused-ring (bicyclic) bond motifs is 1. The number of aliphatic hydroxyl groups excluding tert-OH is 1. The number of halogens is 1. The van der Waals surface area contributed by atoms with E-state index in [0.717, 1.165) is 15.8 Å². The van der Waals surface area contributed by atoms with E-state index in [0.29, 0.717) is 47.7 Å². The van der Waals surface area contributed by atoms with Crippen molar-refractivity contribution in [2.75, 3.05) is 26.7 Å². The Bertz CT molecular complexity index is 3690. The number of aromatic amines is 2. The van der Waals surface area contributed by atoms with Crippen LogP contribution in [0.3, 0.4) is 0 Å². The first-order valence-corrected chi connectivity index (χ1v) is 38.9. The average Bonchev–Trinajstić information content (AvgIpc) is 0.891.